The van der Waals surface area contributed by atoms with E-state index in [-0.39, 0.29) is 0 Å². The second-order valence-corrected chi connectivity index (χ2v) is 18.8. The van der Waals surface area contributed by atoms with E-state index in [1.54, 1.807) is 0 Å². The molecule has 1 aromatic heterocycles. The van der Waals surface area contributed by atoms with Crippen LogP contribution in [0.5, 0.6) is 0 Å². The van der Waals surface area contributed by atoms with Crippen LogP contribution in [0.4, 0.5) is 17.1 Å². The van der Waals surface area contributed by atoms with Gasteiger partial charge in [0.15, 0.2) is 0 Å². The van der Waals surface area contributed by atoms with Gasteiger partial charge in [0.25, 0.3) is 0 Å². The molecule has 8 aromatic carbocycles. The van der Waals surface area contributed by atoms with E-state index in [0.29, 0.717) is 11.8 Å². The number of anilines is 3. The van der Waals surface area contributed by atoms with Crippen molar-refractivity contribution in [3.8, 4) is 33.4 Å². The second kappa shape index (κ2) is 14.7. The van der Waals surface area contributed by atoms with Gasteiger partial charge in [-0.2, -0.15) is 0 Å². The van der Waals surface area contributed by atoms with Crippen molar-refractivity contribution in [3.63, 3.8) is 0 Å². The summed E-state index contributed by atoms with van der Waals surface area (Å²) < 4.78 is 6.60. The molecule has 4 aliphatic rings. The van der Waals surface area contributed by atoms with Crippen LogP contribution in [0.3, 0.4) is 0 Å². The van der Waals surface area contributed by atoms with Crippen molar-refractivity contribution in [2.75, 3.05) is 4.90 Å². The number of benzene rings is 8. The zero-order valence-corrected chi connectivity index (χ0v) is 35.8. The van der Waals surface area contributed by atoms with Gasteiger partial charge < -0.3 is 9.32 Å². The van der Waals surface area contributed by atoms with Crippen molar-refractivity contribution in [2.45, 2.75) is 81.5 Å². The molecular weight excluding hydrogens is 763 g/mol. The van der Waals surface area contributed by atoms with E-state index in [4.69, 9.17) is 4.42 Å². The van der Waals surface area contributed by atoms with Crippen LogP contribution in [0.15, 0.2) is 180 Å². The Bertz CT molecular complexity index is 3150. The quantitative estimate of drug-likeness (QED) is 0.166. The molecule has 63 heavy (non-hydrogen) atoms. The van der Waals surface area contributed by atoms with Crippen LogP contribution >= 0.6 is 0 Å². The van der Waals surface area contributed by atoms with Gasteiger partial charge >= 0.3 is 0 Å². The van der Waals surface area contributed by atoms with Crippen molar-refractivity contribution in [3.05, 3.63) is 209 Å². The maximum atomic E-state index is 6.60. The third-order valence-corrected chi connectivity index (χ3v) is 15.5. The first kappa shape index (κ1) is 37.0. The summed E-state index contributed by atoms with van der Waals surface area (Å²) in [6.45, 7) is 0. The predicted molar refractivity (Wildman–Crippen MR) is 262 cm³/mol. The Morgan fingerprint density at radius 1 is 0.381 bits per heavy atom. The molecule has 0 aliphatic heterocycles. The Hall–Kier alpha value is -6.64. The number of furan rings is 1. The lowest BCUT2D eigenvalue weighted by Crippen LogP contribution is -2.27. The molecule has 0 unspecified atom stereocenters. The van der Waals surface area contributed by atoms with E-state index in [2.05, 4.69) is 181 Å². The number of fused-ring (bicyclic) bond motifs is 13. The van der Waals surface area contributed by atoms with Crippen LogP contribution in [0, 0.1) is 0 Å². The van der Waals surface area contributed by atoms with E-state index in [1.165, 1.54) is 131 Å². The van der Waals surface area contributed by atoms with Crippen LogP contribution in [0.2, 0.25) is 0 Å². The monoisotopic (exact) mass is 813 g/mol. The summed E-state index contributed by atoms with van der Waals surface area (Å²) in [4.78, 5) is 2.49. The molecule has 0 atom stereocenters. The number of hydrogen-bond donors (Lipinski definition) is 0. The first-order valence-electron chi connectivity index (χ1n) is 23.6. The zero-order chi connectivity index (χ0) is 41.5. The maximum absolute atomic E-state index is 6.60. The summed E-state index contributed by atoms with van der Waals surface area (Å²) >= 11 is 0. The number of rotatable bonds is 6. The molecule has 2 nitrogen and oxygen atoms in total. The highest BCUT2D eigenvalue weighted by Gasteiger charge is 2.52. The lowest BCUT2D eigenvalue weighted by atomic mass is 9.69. The third-order valence-electron chi connectivity index (χ3n) is 15.5. The van der Waals surface area contributed by atoms with E-state index < -0.39 is 5.41 Å². The SMILES string of the molecule is c1ccc(-c2ccccc2N(c2ccc3c(c2)C2(c4ccccc4-3)c3cc(C4CCCCC4)ccc3-c3ccc(C4CCCCC4)cc32)c2ccc3c(c2)oc2ccccc23)cc1. The average Bonchev–Trinajstić information content (AvgIpc) is 3.98. The summed E-state index contributed by atoms with van der Waals surface area (Å²) in [5.41, 5.74) is 21.3. The molecular formula is C61H51NO. The van der Waals surface area contributed by atoms with Crippen molar-refractivity contribution in [2.24, 2.45) is 0 Å². The van der Waals surface area contributed by atoms with Crippen molar-refractivity contribution in [1.82, 2.24) is 0 Å². The summed E-state index contributed by atoms with van der Waals surface area (Å²) in [5.74, 6) is 1.23. The van der Waals surface area contributed by atoms with E-state index in [0.717, 1.165) is 39.0 Å². The Morgan fingerprint density at radius 2 is 0.905 bits per heavy atom. The molecule has 0 bridgehead atoms. The molecule has 306 valence electrons. The lowest BCUT2D eigenvalue weighted by Gasteiger charge is -2.34. The van der Waals surface area contributed by atoms with E-state index in [9.17, 15) is 0 Å². The van der Waals surface area contributed by atoms with Gasteiger partial charge in [-0.3, -0.25) is 0 Å². The lowest BCUT2D eigenvalue weighted by molar-refractivity contribution is 0.443. The fourth-order valence-electron chi connectivity index (χ4n) is 12.5. The molecule has 2 heteroatoms. The smallest absolute Gasteiger partial charge is 0.137 e. The molecule has 0 radical (unpaired) electrons. The van der Waals surface area contributed by atoms with E-state index >= 15 is 0 Å². The van der Waals surface area contributed by atoms with Crippen LogP contribution in [0.1, 0.15) is 109 Å². The molecule has 1 heterocycles. The summed E-state index contributed by atoms with van der Waals surface area (Å²) in [6, 6.07) is 67.0. The molecule has 2 fully saturated rings. The first-order chi connectivity index (χ1) is 31.2. The van der Waals surface area contributed by atoms with Gasteiger partial charge in [-0.05, 0) is 135 Å². The number of nitrogens with zero attached hydrogens (tertiary/aromatic N) is 1. The fraction of sp³-hybridized carbons (Fsp3) is 0.213. The highest BCUT2D eigenvalue weighted by atomic mass is 16.3. The second-order valence-electron chi connectivity index (χ2n) is 18.8. The highest BCUT2D eigenvalue weighted by Crippen LogP contribution is 2.64. The van der Waals surface area contributed by atoms with Gasteiger partial charge in [-0.15, -0.1) is 0 Å². The van der Waals surface area contributed by atoms with Crippen LogP contribution in [-0.2, 0) is 5.41 Å². The Kier molecular flexibility index (Phi) is 8.65. The topological polar surface area (TPSA) is 16.4 Å². The van der Waals surface area contributed by atoms with Gasteiger partial charge in [-0.1, -0.05) is 172 Å². The van der Waals surface area contributed by atoms with Crippen molar-refractivity contribution < 1.29 is 4.42 Å². The van der Waals surface area contributed by atoms with Gasteiger partial charge in [0, 0.05) is 33.8 Å². The standard InChI is InChI=1S/C61H51NO/c1-4-16-40(17-5-1)43-28-32-49-50-33-29-44(41-18-6-2-7-19-41)37-56(50)61(55(49)36-43)54-25-13-10-23-48(54)51-34-30-45(38-57(51)61)62(58-26-14-11-22-47(58)42-20-8-3-9-21-42)46-31-35-53-52-24-12-15-27-59(52)63-60(53)39-46/h3,8-15,20-41H,1-2,4-7,16-19H2. The summed E-state index contributed by atoms with van der Waals surface area (Å²) in [6.07, 6.45) is 13.2. The Balaban J connectivity index is 1.08. The van der Waals surface area contributed by atoms with Crippen molar-refractivity contribution in [1.29, 1.82) is 0 Å². The van der Waals surface area contributed by atoms with Crippen LogP contribution < -0.4 is 4.90 Å². The van der Waals surface area contributed by atoms with E-state index in [1.807, 2.05) is 0 Å². The largest absolute Gasteiger partial charge is 0.456 e. The minimum absolute atomic E-state index is 0.449. The van der Waals surface area contributed by atoms with Gasteiger partial charge in [0.05, 0.1) is 11.1 Å². The fourth-order valence-corrected chi connectivity index (χ4v) is 12.5. The normalized spacial score (nSPS) is 16.6. The molecule has 0 saturated heterocycles. The molecule has 0 N–H and O–H groups in total. The molecule has 0 amide bonds. The maximum Gasteiger partial charge on any atom is 0.137 e. The Labute approximate surface area is 370 Å². The molecule has 13 rings (SSSR count). The van der Waals surface area contributed by atoms with Crippen LogP contribution in [0.25, 0.3) is 55.3 Å². The highest BCUT2D eigenvalue weighted by molar-refractivity contribution is 6.06. The molecule has 1 spiro atoms. The summed E-state index contributed by atoms with van der Waals surface area (Å²) in [5, 5.41) is 2.28. The molecule has 9 aromatic rings. The predicted octanol–water partition coefficient (Wildman–Crippen LogP) is 17.2. The van der Waals surface area contributed by atoms with Gasteiger partial charge in [-0.25, -0.2) is 0 Å². The van der Waals surface area contributed by atoms with Gasteiger partial charge in [0.2, 0.25) is 0 Å². The average molecular weight is 814 g/mol. The van der Waals surface area contributed by atoms with Crippen LogP contribution in [-0.4, -0.2) is 0 Å². The number of hydrogen-bond acceptors (Lipinski definition) is 2. The minimum atomic E-state index is -0.449. The summed E-state index contributed by atoms with van der Waals surface area (Å²) in [7, 11) is 0. The minimum Gasteiger partial charge on any atom is -0.456 e. The third kappa shape index (κ3) is 5.70. The number of para-hydroxylation sites is 2. The van der Waals surface area contributed by atoms with Crippen molar-refractivity contribution >= 4 is 39.0 Å². The van der Waals surface area contributed by atoms with Gasteiger partial charge in [0.1, 0.15) is 11.2 Å². The molecule has 2 saturated carbocycles. The Morgan fingerprint density at radius 3 is 1.62 bits per heavy atom. The zero-order valence-electron chi connectivity index (χ0n) is 35.8. The molecule has 4 aliphatic carbocycles. The first-order valence-corrected chi connectivity index (χ1v) is 23.6.